The molecule has 2 aliphatic rings. The van der Waals surface area contributed by atoms with Crippen LogP contribution < -0.4 is 15.5 Å². The Balaban J connectivity index is 1.65. The van der Waals surface area contributed by atoms with Gasteiger partial charge >= 0.3 is 7.12 Å². The maximum absolute atomic E-state index is 13.3. The van der Waals surface area contributed by atoms with E-state index in [1.54, 1.807) is 25.6 Å². The van der Waals surface area contributed by atoms with Gasteiger partial charge in [0.25, 0.3) is 5.91 Å². The molecule has 7 nitrogen and oxygen atoms in total. The highest BCUT2D eigenvalue weighted by molar-refractivity contribution is 6.62. The van der Waals surface area contributed by atoms with E-state index in [2.05, 4.69) is 15.3 Å². The normalized spacial score (nSPS) is 20.7. The van der Waals surface area contributed by atoms with Crippen molar-refractivity contribution in [3.05, 3.63) is 47.5 Å². The Kier molecular flexibility index (Phi) is 4.90. The average molecular weight is 409 g/mol. The summed E-state index contributed by atoms with van der Waals surface area (Å²) in [5, 5.41) is 3.12. The van der Waals surface area contributed by atoms with E-state index in [1.165, 1.54) is 0 Å². The lowest BCUT2D eigenvalue weighted by Crippen LogP contribution is -2.41. The van der Waals surface area contributed by atoms with Gasteiger partial charge in [-0.2, -0.15) is 0 Å². The highest BCUT2D eigenvalue weighted by atomic mass is 16.7. The van der Waals surface area contributed by atoms with Gasteiger partial charge in [0.1, 0.15) is 11.3 Å². The predicted molar refractivity (Wildman–Crippen MR) is 114 cm³/mol. The first-order chi connectivity index (χ1) is 14.1. The average Bonchev–Trinajstić information content (AvgIpc) is 3.43. The van der Waals surface area contributed by atoms with Crippen LogP contribution in [0.1, 0.15) is 62.3 Å². The first-order valence-corrected chi connectivity index (χ1v) is 10.2. The zero-order chi connectivity index (χ0) is 21.7. The second-order valence-corrected chi connectivity index (χ2v) is 9.11. The van der Waals surface area contributed by atoms with E-state index in [-0.39, 0.29) is 5.91 Å². The molecular formula is C22H28BN3O4. The number of hydrogen-bond acceptors (Lipinski definition) is 6. The molecule has 158 valence electrons. The van der Waals surface area contributed by atoms with Crippen LogP contribution in [0.2, 0.25) is 0 Å². The summed E-state index contributed by atoms with van der Waals surface area (Å²) in [6, 6.07) is 5.43. The van der Waals surface area contributed by atoms with E-state index in [0.29, 0.717) is 17.1 Å². The predicted octanol–water partition coefficient (Wildman–Crippen LogP) is 2.51. The Hall–Kier alpha value is -2.45. The molecule has 2 fully saturated rings. The molecular weight excluding hydrogens is 381 g/mol. The van der Waals surface area contributed by atoms with Crippen molar-refractivity contribution in [3.8, 4) is 5.75 Å². The zero-order valence-corrected chi connectivity index (χ0v) is 18.4. The number of nitrogens with zero attached hydrogens (tertiary/aromatic N) is 2. The number of aryl methyl sites for hydroxylation is 1. The minimum Gasteiger partial charge on any atom is -0.496 e. The summed E-state index contributed by atoms with van der Waals surface area (Å²) >= 11 is 0. The van der Waals surface area contributed by atoms with E-state index in [1.807, 2.05) is 46.8 Å². The van der Waals surface area contributed by atoms with E-state index in [0.717, 1.165) is 23.9 Å². The van der Waals surface area contributed by atoms with Gasteiger partial charge in [0.2, 0.25) is 0 Å². The SMILES string of the molecule is COc1cc(C)c(B2OC(C)(C)C(C)(C)O2)cc1C(=O)NC1(c2ncccn2)CC1. The topological polar surface area (TPSA) is 82.6 Å². The maximum Gasteiger partial charge on any atom is 0.495 e. The van der Waals surface area contributed by atoms with Crippen LogP contribution >= 0.6 is 0 Å². The number of ether oxygens (including phenoxy) is 1. The molecule has 0 unspecified atom stereocenters. The molecule has 8 heteroatoms. The van der Waals surface area contributed by atoms with Crippen LogP contribution in [0.5, 0.6) is 5.75 Å². The van der Waals surface area contributed by atoms with Crippen molar-refractivity contribution < 1.29 is 18.8 Å². The molecule has 0 atom stereocenters. The van der Waals surface area contributed by atoms with E-state index in [4.69, 9.17) is 14.0 Å². The third-order valence-electron chi connectivity index (χ3n) is 6.44. The molecule has 0 spiro atoms. The lowest BCUT2D eigenvalue weighted by molar-refractivity contribution is 0.00578. The molecule has 1 saturated carbocycles. The number of benzene rings is 1. The van der Waals surface area contributed by atoms with Gasteiger partial charge in [0.15, 0.2) is 5.82 Å². The van der Waals surface area contributed by atoms with Gasteiger partial charge in [-0.3, -0.25) is 4.79 Å². The number of amides is 1. The number of rotatable bonds is 5. The third-order valence-corrected chi connectivity index (χ3v) is 6.44. The summed E-state index contributed by atoms with van der Waals surface area (Å²) in [6.07, 6.45) is 5.00. The first kappa shape index (κ1) is 20.8. The molecule has 1 aromatic heterocycles. The number of aromatic nitrogens is 2. The van der Waals surface area contributed by atoms with E-state index in [9.17, 15) is 4.79 Å². The molecule has 1 aliphatic carbocycles. The summed E-state index contributed by atoms with van der Waals surface area (Å²) < 4.78 is 17.9. The van der Waals surface area contributed by atoms with Crippen molar-refractivity contribution in [1.82, 2.24) is 15.3 Å². The molecule has 1 aliphatic heterocycles. The number of hydrogen-bond donors (Lipinski definition) is 1. The van der Waals surface area contributed by atoms with Crippen LogP contribution in [0.15, 0.2) is 30.6 Å². The Morgan fingerprint density at radius 3 is 2.23 bits per heavy atom. The number of carbonyl (C=O) groups is 1. The maximum atomic E-state index is 13.3. The van der Waals surface area contributed by atoms with Gasteiger partial charge in [0, 0.05) is 12.4 Å². The van der Waals surface area contributed by atoms with Crippen molar-refractivity contribution in [2.24, 2.45) is 0 Å². The highest BCUT2D eigenvalue weighted by Gasteiger charge is 2.52. The largest absolute Gasteiger partial charge is 0.496 e. The number of methoxy groups -OCH3 is 1. The molecule has 0 radical (unpaired) electrons. The molecule has 4 rings (SSSR count). The van der Waals surface area contributed by atoms with Crippen molar-refractivity contribution in [1.29, 1.82) is 0 Å². The quantitative estimate of drug-likeness (QED) is 0.765. The minimum absolute atomic E-state index is 0.227. The zero-order valence-electron chi connectivity index (χ0n) is 18.4. The second kappa shape index (κ2) is 7.06. The van der Waals surface area contributed by atoms with Crippen LogP contribution in [0, 0.1) is 6.92 Å². The van der Waals surface area contributed by atoms with Crippen LogP contribution in [-0.2, 0) is 14.8 Å². The summed E-state index contributed by atoms with van der Waals surface area (Å²) in [5.41, 5.74) is 0.758. The van der Waals surface area contributed by atoms with Crippen LogP contribution in [-0.4, -0.2) is 41.3 Å². The summed E-state index contributed by atoms with van der Waals surface area (Å²) in [4.78, 5) is 21.9. The van der Waals surface area contributed by atoms with E-state index < -0.39 is 23.9 Å². The molecule has 2 heterocycles. The standard InChI is InChI=1S/C22H28BN3O4/c1-14-12-17(28-6)15(13-16(14)23-29-20(2,3)21(4,5)30-23)18(27)26-22(8-9-22)19-24-10-7-11-25-19/h7,10-13H,8-9H2,1-6H3,(H,26,27). The van der Waals surface area contributed by atoms with Gasteiger partial charge in [-0.25, -0.2) is 9.97 Å². The van der Waals surface area contributed by atoms with Crippen LogP contribution in [0.4, 0.5) is 0 Å². The smallest absolute Gasteiger partial charge is 0.495 e. The van der Waals surface area contributed by atoms with Crippen molar-refractivity contribution in [2.75, 3.05) is 7.11 Å². The van der Waals surface area contributed by atoms with Crippen molar-refractivity contribution in [2.45, 2.75) is 64.2 Å². The minimum atomic E-state index is -0.556. The Labute approximate surface area is 177 Å². The Morgan fingerprint density at radius 1 is 1.10 bits per heavy atom. The van der Waals surface area contributed by atoms with Crippen LogP contribution in [0.3, 0.4) is 0 Å². The van der Waals surface area contributed by atoms with E-state index >= 15 is 0 Å². The second-order valence-electron chi connectivity index (χ2n) is 9.11. The molecule has 0 bridgehead atoms. The number of carbonyl (C=O) groups excluding carboxylic acids is 1. The molecule has 1 aromatic carbocycles. The highest BCUT2D eigenvalue weighted by Crippen LogP contribution is 2.44. The van der Waals surface area contributed by atoms with Gasteiger partial charge in [0.05, 0.1) is 23.9 Å². The first-order valence-electron chi connectivity index (χ1n) is 10.2. The Bertz CT molecular complexity index is 958. The lowest BCUT2D eigenvalue weighted by atomic mass is 9.75. The monoisotopic (exact) mass is 409 g/mol. The van der Waals surface area contributed by atoms with Crippen LogP contribution in [0.25, 0.3) is 0 Å². The van der Waals surface area contributed by atoms with Gasteiger partial charge in [-0.05, 0) is 76.7 Å². The fourth-order valence-electron chi connectivity index (χ4n) is 3.63. The fourth-order valence-corrected chi connectivity index (χ4v) is 3.63. The molecule has 1 N–H and O–H groups in total. The number of nitrogens with one attached hydrogen (secondary N) is 1. The Morgan fingerprint density at radius 2 is 1.70 bits per heavy atom. The molecule has 1 amide bonds. The van der Waals surface area contributed by atoms with Gasteiger partial charge < -0.3 is 19.4 Å². The third kappa shape index (κ3) is 3.48. The van der Waals surface area contributed by atoms with Crippen molar-refractivity contribution >= 4 is 18.5 Å². The molecule has 30 heavy (non-hydrogen) atoms. The summed E-state index contributed by atoms with van der Waals surface area (Å²) in [7, 11) is 1.01. The summed E-state index contributed by atoms with van der Waals surface area (Å²) in [5.74, 6) is 0.917. The molecule has 1 saturated heterocycles. The lowest BCUT2D eigenvalue weighted by Gasteiger charge is -2.32. The van der Waals surface area contributed by atoms with Crippen molar-refractivity contribution in [3.63, 3.8) is 0 Å². The van der Waals surface area contributed by atoms with Gasteiger partial charge in [-0.15, -0.1) is 0 Å². The van der Waals surface area contributed by atoms with Gasteiger partial charge in [-0.1, -0.05) is 0 Å². The summed E-state index contributed by atoms with van der Waals surface area (Å²) in [6.45, 7) is 10.0. The molecule has 2 aromatic rings. The fraction of sp³-hybridized carbons (Fsp3) is 0.500.